The first-order chi connectivity index (χ1) is 15.8. The minimum atomic E-state index is -4.65. The Morgan fingerprint density at radius 2 is 1.73 bits per heavy atom. The lowest BCUT2D eigenvalue weighted by Gasteiger charge is -2.13. The van der Waals surface area contributed by atoms with Crippen LogP contribution in [0.2, 0.25) is 0 Å². The summed E-state index contributed by atoms with van der Waals surface area (Å²) in [5.41, 5.74) is -0.400. The number of nitrogens with one attached hydrogen (secondary N) is 1. The molecule has 0 saturated carbocycles. The van der Waals surface area contributed by atoms with E-state index in [1.807, 2.05) is 30.3 Å². The number of rotatable bonds is 7. The number of nitrogens with zero attached hydrogens (tertiary/aromatic N) is 1. The summed E-state index contributed by atoms with van der Waals surface area (Å²) in [6.45, 7) is 0.316. The number of ether oxygens (including phenoxy) is 2. The van der Waals surface area contributed by atoms with E-state index < -0.39 is 23.3 Å². The van der Waals surface area contributed by atoms with E-state index in [0.717, 1.165) is 17.7 Å². The van der Waals surface area contributed by atoms with Gasteiger partial charge in [-0.1, -0.05) is 48.5 Å². The fraction of sp³-hybridized carbons (Fsp3) is 0.120. The number of benzene rings is 3. The number of methoxy groups -OCH3 is 1. The van der Waals surface area contributed by atoms with Gasteiger partial charge in [0.25, 0.3) is 5.91 Å². The second kappa shape index (κ2) is 10.4. The zero-order valence-electron chi connectivity index (χ0n) is 17.5. The van der Waals surface area contributed by atoms with Gasteiger partial charge in [0.1, 0.15) is 18.2 Å². The average molecular weight is 452 g/mol. The van der Waals surface area contributed by atoms with Crippen molar-refractivity contribution in [1.82, 2.24) is 0 Å². The van der Waals surface area contributed by atoms with Crippen molar-refractivity contribution in [2.24, 2.45) is 0 Å². The Kier molecular flexibility index (Phi) is 7.36. The lowest BCUT2D eigenvalue weighted by atomic mass is 10.1. The van der Waals surface area contributed by atoms with E-state index in [9.17, 15) is 23.2 Å². The van der Waals surface area contributed by atoms with Crippen LogP contribution in [0.1, 0.15) is 16.7 Å². The zero-order chi connectivity index (χ0) is 23.8. The van der Waals surface area contributed by atoms with Crippen LogP contribution in [0.3, 0.4) is 0 Å². The highest BCUT2D eigenvalue weighted by Crippen LogP contribution is 2.35. The van der Waals surface area contributed by atoms with Crippen molar-refractivity contribution >= 4 is 17.7 Å². The third kappa shape index (κ3) is 6.14. The van der Waals surface area contributed by atoms with Gasteiger partial charge in [0.2, 0.25) is 0 Å². The molecule has 0 spiro atoms. The molecular formula is C25H19F3N2O3. The van der Waals surface area contributed by atoms with Crippen molar-refractivity contribution in [1.29, 1.82) is 5.26 Å². The predicted molar refractivity (Wildman–Crippen MR) is 117 cm³/mol. The van der Waals surface area contributed by atoms with Gasteiger partial charge in [-0.05, 0) is 41.5 Å². The number of carbonyl (C=O) groups excluding carboxylic acids is 1. The number of nitriles is 1. The number of alkyl halides is 3. The Morgan fingerprint density at radius 1 is 1.03 bits per heavy atom. The number of amides is 1. The zero-order valence-corrected chi connectivity index (χ0v) is 17.5. The summed E-state index contributed by atoms with van der Waals surface area (Å²) in [6.07, 6.45) is -3.39. The Morgan fingerprint density at radius 3 is 2.39 bits per heavy atom. The summed E-state index contributed by atoms with van der Waals surface area (Å²) >= 11 is 0. The normalized spacial score (nSPS) is 11.4. The molecule has 5 nitrogen and oxygen atoms in total. The van der Waals surface area contributed by atoms with Gasteiger partial charge in [-0.2, -0.15) is 18.4 Å². The summed E-state index contributed by atoms with van der Waals surface area (Å²) in [7, 11) is 1.45. The van der Waals surface area contributed by atoms with Crippen molar-refractivity contribution in [2.75, 3.05) is 12.4 Å². The van der Waals surface area contributed by atoms with Gasteiger partial charge in [0.05, 0.1) is 18.4 Å². The highest BCUT2D eigenvalue weighted by molar-refractivity contribution is 6.10. The Labute approximate surface area is 188 Å². The third-order valence-electron chi connectivity index (χ3n) is 4.58. The smallest absolute Gasteiger partial charge is 0.418 e. The van der Waals surface area contributed by atoms with E-state index in [2.05, 4.69) is 5.32 Å². The molecule has 3 aromatic rings. The van der Waals surface area contributed by atoms with Gasteiger partial charge >= 0.3 is 6.18 Å². The van der Waals surface area contributed by atoms with Crippen molar-refractivity contribution < 1.29 is 27.4 Å². The second-order valence-electron chi connectivity index (χ2n) is 6.85. The van der Waals surface area contributed by atoms with E-state index in [1.54, 1.807) is 24.3 Å². The van der Waals surface area contributed by atoms with Crippen LogP contribution in [0.5, 0.6) is 11.5 Å². The molecule has 33 heavy (non-hydrogen) atoms. The summed E-state index contributed by atoms with van der Waals surface area (Å²) in [4.78, 5) is 12.5. The van der Waals surface area contributed by atoms with Crippen molar-refractivity contribution in [3.05, 3.63) is 95.1 Å². The molecule has 0 aliphatic heterocycles. The largest absolute Gasteiger partial charge is 0.493 e. The van der Waals surface area contributed by atoms with Crippen LogP contribution in [0, 0.1) is 11.3 Å². The maximum atomic E-state index is 13.2. The molecule has 8 heteroatoms. The number of anilines is 1. The maximum absolute atomic E-state index is 13.2. The Bertz CT molecular complexity index is 1200. The van der Waals surface area contributed by atoms with Crippen LogP contribution >= 0.6 is 0 Å². The third-order valence-corrected chi connectivity index (χ3v) is 4.58. The number of halogens is 3. The molecule has 1 N–H and O–H groups in total. The van der Waals surface area contributed by atoms with Gasteiger partial charge in [-0.3, -0.25) is 4.79 Å². The first-order valence-electron chi connectivity index (χ1n) is 9.76. The molecule has 0 atom stereocenters. The fourth-order valence-electron chi connectivity index (χ4n) is 2.97. The van der Waals surface area contributed by atoms with Crippen LogP contribution in [0.4, 0.5) is 18.9 Å². The van der Waals surface area contributed by atoms with Crippen LogP contribution < -0.4 is 14.8 Å². The molecule has 0 radical (unpaired) electrons. The van der Waals surface area contributed by atoms with Crippen molar-refractivity contribution in [3.8, 4) is 17.6 Å². The van der Waals surface area contributed by atoms with E-state index >= 15 is 0 Å². The molecule has 0 aliphatic carbocycles. The number of para-hydroxylation sites is 1. The SMILES string of the molecule is COc1cc(/C=C(\C#N)C(=O)Nc2ccccc2C(F)(F)F)ccc1OCc1ccccc1. The van der Waals surface area contributed by atoms with Crippen LogP contribution in [0.15, 0.2) is 78.4 Å². The molecule has 0 bridgehead atoms. The standard InChI is InChI=1S/C25H19F3N2O3/c1-32-23-14-18(11-12-22(23)33-16-17-7-3-2-4-8-17)13-19(15-29)24(31)30-21-10-6-5-9-20(21)25(26,27)28/h2-14H,16H2,1H3,(H,30,31)/b19-13+. The predicted octanol–water partition coefficient (Wildman–Crippen LogP) is 5.84. The monoisotopic (exact) mass is 452 g/mol. The summed E-state index contributed by atoms with van der Waals surface area (Å²) < 4.78 is 50.6. The summed E-state index contributed by atoms with van der Waals surface area (Å²) in [5, 5.41) is 11.6. The highest BCUT2D eigenvalue weighted by Gasteiger charge is 2.33. The van der Waals surface area contributed by atoms with Crippen molar-refractivity contribution in [2.45, 2.75) is 12.8 Å². The van der Waals surface area contributed by atoms with E-state index in [0.29, 0.717) is 23.7 Å². The van der Waals surface area contributed by atoms with Gasteiger partial charge in [-0.15, -0.1) is 0 Å². The quantitative estimate of drug-likeness (QED) is 0.361. The van der Waals surface area contributed by atoms with Crippen LogP contribution in [0.25, 0.3) is 6.08 Å². The van der Waals surface area contributed by atoms with E-state index in [4.69, 9.17) is 9.47 Å². The summed E-state index contributed by atoms with van der Waals surface area (Å²) in [5.74, 6) is -0.127. The molecule has 0 saturated heterocycles. The lowest BCUT2D eigenvalue weighted by molar-refractivity contribution is -0.137. The average Bonchev–Trinajstić information content (AvgIpc) is 2.81. The lowest BCUT2D eigenvalue weighted by Crippen LogP contribution is -2.17. The molecule has 0 aromatic heterocycles. The minimum Gasteiger partial charge on any atom is -0.493 e. The summed E-state index contributed by atoms with van der Waals surface area (Å²) in [6, 6.07) is 20.6. The first kappa shape index (κ1) is 23.4. The Balaban J connectivity index is 1.79. The van der Waals surface area contributed by atoms with Gasteiger partial charge in [0.15, 0.2) is 11.5 Å². The Hall–Kier alpha value is -4.25. The first-order valence-corrected chi connectivity index (χ1v) is 9.76. The molecule has 3 rings (SSSR count). The van der Waals surface area contributed by atoms with Crippen molar-refractivity contribution in [3.63, 3.8) is 0 Å². The topological polar surface area (TPSA) is 71.3 Å². The van der Waals surface area contributed by atoms with Gasteiger partial charge in [-0.25, -0.2) is 0 Å². The molecular weight excluding hydrogens is 433 g/mol. The van der Waals surface area contributed by atoms with E-state index in [-0.39, 0.29) is 5.57 Å². The molecule has 1 amide bonds. The molecule has 0 heterocycles. The van der Waals surface area contributed by atoms with Crippen LogP contribution in [-0.4, -0.2) is 13.0 Å². The second-order valence-corrected chi connectivity index (χ2v) is 6.85. The molecule has 0 aliphatic rings. The van der Waals surface area contributed by atoms with E-state index in [1.165, 1.54) is 25.3 Å². The number of carbonyl (C=O) groups is 1. The van der Waals surface area contributed by atoms with Gasteiger partial charge in [0, 0.05) is 0 Å². The molecule has 0 fully saturated rings. The molecule has 0 unspecified atom stereocenters. The minimum absolute atomic E-state index is 0.316. The molecule has 3 aromatic carbocycles. The van der Waals surface area contributed by atoms with Crippen LogP contribution in [-0.2, 0) is 17.6 Å². The number of hydrogen-bond donors (Lipinski definition) is 1. The van der Waals surface area contributed by atoms with Gasteiger partial charge < -0.3 is 14.8 Å². The molecule has 168 valence electrons. The fourth-order valence-corrected chi connectivity index (χ4v) is 2.97. The highest BCUT2D eigenvalue weighted by atomic mass is 19.4. The maximum Gasteiger partial charge on any atom is 0.418 e. The number of hydrogen-bond acceptors (Lipinski definition) is 4.